The van der Waals surface area contributed by atoms with E-state index in [2.05, 4.69) is 15.5 Å². The lowest BCUT2D eigenvalue weighted by molar-refractivity contribution is 0.102. The topological polar surface area (TPSA) is 101 Å². The van der Waals surface area contributed by atoms with Gasteiger partial charge in [0.05, 0.1) is 5.56 Å². The Kier molecular flexibility index (Phi) is 3.90. The number of hydrogen-bond donors (Lipinski definition) is 3. The molecule has 6 nitrogen and oxygen atoms in total. The molecule has 0 aliphatic heterocycles. The van der Waals surface area contributed by atoms with Crippen molar-refractivity contribution in [2.75, 3.05) is 5.32 Å². The van der Waals surface area contributed by atoms with Gasteiger partial charge in [-0.2, -0.15) is 0 Å². The number of hydrogen-bond acceptors (Lipinski definition) is 4. The molecule has 102 valence electrons. The summed E-state index contributed by atoms with van der Waals surface area (Å²) in [6.45, 7) is 0. The van der Waals surface area contributed by atoms with Gasteiger partial charge in [-0.05, 0) is 30.3 Å². The van der Waals surface area contributed by atoms with Gasteiger partial charge in [-0.15, -0.1) is 0 Å². The molecule has 0 unspecified atom stereocenters. The van der Waals surface area contributed by atoms with E-state index < -0.39 is 5.82 Å². The molecule has 1 amide bonds. The van der Waals surface area contributed by atoms with Gasteiger partial charge < -0.3 is 16.3 Å². The first kappa shape index (κ1) is 13.5. The van der Waals surface area contributed by atoms with E-state index in [1.165, 1.54) is 24.5 Å². The van der Waals surface area contributed by atoms with Crippen LogP contribution in [-0.2, 0) is 0 Å². The number of amidine groups is 1. The number of oxime groups is 1. The van der Waals surface area contributed by atoms with E-state index in [4.69, 9.17) is 10.9 Å². The van der Waals surface area contributed by atoms with Gasteiger partial charge in [-0.25, -0.2) is 4.39 Å². The fourth-order valence-corrected chi connectivity index (χ4v) is 1.56. The van der Waals surface area contributed by atoms with Crippen LogP contribution in [0.2, 0.25) is 0 Å². The highest BCUT2D eigenvalue weighted by Gasteiger charge is 2.10. The summed E-state index contributed by atoms with van der Waals surface area (Å²) in [5, 5.41) is 13.9. The Balaban J connectivity index is 2.25. The number of carbonyl (C=O) groups excluding carboxylic acids is 1. The average Bonchev–Trinajstić information content (AvgIpc) is 2.49. The molecule has 0 aliphatic carbocycles. The zero-order valence-corrected chi connectivity index (χ0v) is 10.2. The number of nitrogens with one attached hydrogen (secondary N) is 1. The second-order valence-corrected chi connectivity index (χ2v) is 3.87. The lowest BCUT2D eigenvalue weighted by Gasteiger charge is -2.07. The Morgan fingerprint density at radius 3 is 2.65 bits per heavy atom. The molecule has 2 aromatic rings. The van der Waals surface area contributed by atoms with Gasteiger partial charge in [-0.3, -0.25) is 9.78 Å². The summed E-state index contributed by atoms with van der Waals surface area (Å²) in [4.78, 5) is 15.7. The molecule has 0 spiro atoms. The third kappa shape index (κ3) is 2.89. The number of pyridine rings is 1. The maximum atomic E-state index is 13.5. The van der Waals surface area contributed by atoms with Gasteiger partial charge in [0.1, 0.15) is 5.82 Å². The van der Waals surface area contributed by atoms with Gasteiger partial charge >= 0.3 is 0 Å². The summed E-state index contributed by atoms with van der Waals surface area (Å²) < 4.78 is 13.5. The van der Waals surface area contributed by atoms with Crippen molar-refractivity contribution in [1.82, 2.24) is 4.98 Å². The quantitative estimate of drug-likeness (QED) is 0.342. The molecule has 7 heteroatoms. The first-order valence-corrected chi connectivity index (χ1v) is 5.60. The van der Waals surface area contributed by atoms with E-state index in [9.17, 15) is 9.18 Å². The SMILES string of the molecule is NC(=NO)c1cc(NC(=O)c2ccncc2)ccc1F. The Morgan fingerprint density at radius 1 is 1.30 bits per heavy atom. The zero-order chi connectivity index (χ0) is 14.5. The fourth-order valence-electron chi connectivity index (χ4n) is 1.56. The summed E-state index contributed by atoms with van der Waals surface area (Å²) in [6.07, 6.45) is 2.98. The minimum absolute atomic E-state index is 0.0972. The monoisotopic (exact) mass is 274 g/mol. The molecule has 20 heavy (non-hydrogen) atoms. The molecule has 0 saturated carbocycles. The Bertz CT molecular complexity index is 659. The minimum Gasteiger partial charge on any atom is -0.409 e. The Labute approximate surface area is 113 Å². The molecular weight excluding hydrogens is 263 g/mol. The number of anilines is 1. The van der Waals surface area contributed by atoms with E-state index >= 15 is 0 Å². The molecule has 1 heterocycles. The predicted molar refractivity (Wildman–Crippen MR) is 71.1 cm³/mol. The average molecular weight is 274 g/mol. The molecule has 1 aromatic heterocycles. The number of aromatic nitrogens is 1. The number of amides is 1. The summed E-state index contributed by atoms with van der Waals surface area (Å²) in [5.74, 6) is -1.39. The van der Waals surface area contributed by atoms with Gasteiger partial charge in [-0.1, -0.05) is 5.16 Å². The van der Waals surface area contributed by atoms with Gasteiger partial charge in [0.25, 0.3) is 5.91 Å². The van der Waals surface area contributed by atoms with Crippen LogP contribution in [0.3, 0.4) is 0 Å². The normalized spacial score (nSPS) is 11.2. The Morgan fingerprint density at radius 2 is 2.00 bits per heavy atom. The van der Waals surface area contributed by atoms with Crippen LogP contribution in [0.25, 0.3) is 0 Å². The van der Waals surface area contributed by atoms with E-state index in [1.807, 2.05) is 0 Å². The van der Waals surface area contributed by atoms with E-state index in [0.717, 1.165) is 6.07 Å². The van der Waals surface area contributed by atoms with E-state index in [-0.39, 0.29) is 17.3 Å². The van der Waals surface area contributed by atoms with Crippen LogP contribution in [0.1, 0.15) is 15.9 Å². The first-order chi connectivity index (χ1) is 9.61. The summed E-state index contributed by atoms with van der Waals surface area (Å²) >= 11 is 0. The van der Waals surface area contributed by atoms with Crippen LogP contribution in [0.4, 0.5) is 10.1 Å². The van der Waals surface area contributed by atoms with Crippen LogP contribution < -0.4 is 11.1 Å². The number of nitrogens with zero attached hydrogens (tertiary/aromatic N) is 2. The molecule has 0 fully saturated rings. The molecule has 1 aromatic carbocycles. The number of benzene rings is 1. The maximum Gasteiger partial charge on any atom is 0.255 e. The molecule has 0 bridgehead atoms. The molecule has 0 atom stereocenters. The third-order valence-corrected chi connectivity index (χ3v) is 2.55. The van der Waals surface area contributed by atoms with Crippen molar-refractivity contribution in [3.63, 3.8) is 0 Å². The number of nitrogens with two attached hydrogens (primary N) is 1. The van der Waals surface area contributed by atoms with Crippen LogP contribution in [0.15, 0.2) is 47.9 Å². The summed E-state index contributed by atoms with van der Waals surface area (Å²) in [7, 11) is 0. The van der Waals surface area contributed by atoms with Gasteiger partial charge in [0.2, 0.25) is 0 Å². The van der Waals surface area contributed by atoms with Crippen LogP contribution >= 0.6 is 0 Å². The first-order valence-electron chi connectivity index (χ1n) is 5.60. The Hall–Kier alpha value is -2.96. The predicted octanol–water partition coefficient (Wildman–Crippen LogP) is 1.57. The standard InChI is InChI=1S/C13H11FN4O2/c14-11-2-1-9(7-10(11)12(15)18-20)17-13(19)8-3-5-16-6-4-8/h1-7,20H,(H2,15,18)(H,17,19). The molecule has 0 aliphatic rings. The highest BCUT2D eigenvalue weighted by Crippen LogP contribution is 2.15. The second-order valence-electron chi connectivity index (χ2n) is 3.87. The number of halogens is 1. The van der Waals surface area contributed by atoms with Crippen LogP contribution in [0.5, 0.6) is 0 Å². The highest BCUT2D eigenvalue weighted by atomic mass is 19.1. The minimum atomic E-state index is -0.651. The maximum absolute atomic E-state index is 13.5. The molecule has 0 saturated heterocycles. The molecular formula is C13H11FN4O2. The summed E-state index contributed by atoms with van der Waals surface area (Å²) in [5.41, 5.74) is 5.99. The van der Waals surface area contributed by atoms with E-state index in [1.54, 1.807) is 12.1 Å². The van der Waals surface area contributed by atoms with E-state index in [0.29, 0.717) is 11.3 Å². The van der Waals surface area contributed by atoms with Crippen molar-refractivity contribution in [3.05, 3.63) is 59.7 Å². The van der Waals surface area contributed by atoms with Crippen LogP contribution in [-0.4, -0.2) is 21.9 Å². The van der Waals surface area contributed by atoms with Crippen molar-refractivity contribution < 1.29 is 14.4 Å². The van der Waals surface area contributed by atoms with Crippen molar-refractivity contribution >= 4 is 17.4 Å². The van der Waals surface area contributed by atoms with Crippen molar-refractivity contribution in [3.8, 4) is 0 Å². The van der Waals surface area contributed by atoms with Gasteiger partial charge in [0, 0.05) is 23.6 Å². The summed E-state index contributed by atoms with van der Waals surface area (Å²) in [6, 6.07) is 6.87. The van der Waals surface area contributed by atoms with Gasteiger partial charge in [0.15, 0.2) is 5.84 Å². The highest BCUT2D eigenvalue weighted by molar-refractivity contribution is 6.05. The molecule has 2 rings (SSSR count). The van der Waals surface area contributed by atoms with Crippen molar-refractivity contribution in [2.24, 2.45) is 10.9 Å². The number of carbonyl (C=O) groups is 1. The lowest BCUT2D eigenvalue weighted by Crippen LogP contribution is -2.17. The largest absolute Gasteiger partial charge is 0.409 e. The smallest absolute Gasteiger partial charge is 0.255 e. The van der Waals surface area contributed by atoms with Crippen molar-refractivity contribution in [1.29, 1.82) is 0 Å². The zero-order valence-electron chi connectivity index (χ0n) is 10.2. The third-order valence-electron chi connectivity index (χ3n) is 2.55. The van der Waals surface area contributed by atoms with Crippen LogP contribution in [0, 0.1) is 5.82 Å². The molecule has 0 radical (unpaired) electrons. The molecule has 4 N–H and O–H groups in total. The number of rotatable bonds is 3. The van der Waals surface area contributed by atoms with Crippen molar-refractivity contribution in [2.45, 2.75) is 0 Å². The second kappa shape index (κ2) is 5.79. The fraction of sp³-hybridized carbons (Fsp3) is 0. The lowest BCUT2D eigenvalue weighted by atomic mass is 10.1.